The van der Waals surface area contributed by atoms with E-state index in [9.17, 15) is 10.2 Å². The lowest BCUT2D eigenvalue weighted by atomic mass is 9.88. The molecule has 0 aromatic rings. The zero-order chi connectivity index (χ0) is 10.5. The second-order valence-electron chi connectivity index (χ2n) is 4.19. The zero-order valence-electron chi connectivity index (χ0n) is 8.95. The Morgan fingerprint density at radius 2 is 1.92 bits per heavy atom. The van der Waals surface area contributed by atoms with Gasteiger partial charge in [0.05, 0.1) is 11.7 Å². The predicted octanol–water partition coefficient (Wildman–Crippen LogP) is 0.883. The van der Waals surface area contributed by atoms with Gasteiger partial charge in [0.15, 0.2) is 0 Å². The average molecular weight is 189 g/mol. The van der Waals surface area contributed by atoms with Crippen LogP contribution < -0.4 is 5.73 Å². The summed E-state index contributed by atoms with van der Waals surface area (Å²) in [6, 6.07) is 0. The van der Waals surface area contributed by atoms with Gasteiger partial charge in [0.1, 0.15) is 0 Å². The van der Waals surface area contributed by atoms with Crippen molar-refractivity contribution in [2.75, 3.05) is 6.54 Å². The van der Waals surface area contributed by atoms with Crippen molar-refractivity contribution in [2.24, 2.45) is 11.7 Å². The molecular weight excluding hydrogens is 166 g/mol. The van der Waals surface area contributed by atoms with Crippen LogP contribution in [0.15, 0.2) is 0 Å². The van der Waals surface area contributed by atoms with E-state index in [2.05, 4.69) is 0 Å². The lowest BCUT2D eigenvalue weighted by Gasteiger charge is -2.29. The molecule has 0 aliphatic heterocycles. The topological polar surface area (TPSA) is 66.5 Å². The number of hydrogen-bond acceptors (Lipinski definition) is 3. The first-order valence-corrected chi connectivity index (χ1v) is 5.05. The molecule has 2 atom stereocenters. The van der Waals surface area contributed by atoms with Crippen molar-refractivity contribution in [3.8, 4) is 0 Å². The molecule has 0 aliphatic rings. The molecule has 0 amide bonds. The summed E-state index contributed by atoms with van der Waals surface area (Å²) in [6.07, 6.45) is 1.47. The number of aliphatic hydroxyl groups excluding tert-OH is 1. The van der Waals surface area contributed by atoms with Crippen LogP contribution in [-0.2, 0) is 0 Å². The largest absolute Gasteiger partial charge is 0.393 e. The highest BCUT2D eigenvalue weighted by molar-refractivity contribution is 4.83. The number of rotatable bonds is 6. The molecule has 0 radical (unpaired) electrons. The van der Waals surface area contributed by atoms with E-state index in [4.69, 9.17) is 5.73 Å². The van der Waals surface area contributed by atoms with Gasteiger partial charge in [-0.25, -0.2) is 0 Å². The van der Waals surface area contributed by atoms with Gasteiger partial charge >= 0.3 is 0 Å². The molecule has 0 fully saturated rings. The summed E-state index contributed by atoms with van der Waals surface area (Å²) < 4.78 is 0. The van der Waals surface area contributed by atoms with Crippen molar-refractivity contribution in [3.05, 3.63) is 0 Å². The van der Waals surface area contributed by atoms with Gasteiger partial charge < -0.3 is 15.9 Å². The first kappa shape index (κ1) is 12.9. The molecule has 0 aromatic carbocycles. The van der Waals surface area contributed by atoms with Crippen molar-refractivity contribution in [1.29, 1.82) is 0 Å². The highest BCUT2D eigenvalue weighted by Gasteiger charge is 2.28. The van der Waals surface area contributed by atoms with E-state index in [1.54, 1.807) is 0 Å². The zero-order valence-corrected chi connectivity index (χ0v) is 8.95. The fourth-order valence-electron chi connectivity index (χ4n) is 1.38. The number of nitrogens with two attached hydrogens (primary N) is 1. The summed E-state index contributed by atoms with van der Waals surface area (Å²) in [6.45, 7) is 6.11. The van der Waals surface area contributed by atoms with Gasteiger partial charge in [-0.3, -0.25) is 0 Å². The van der Waals surface area contributed by atoms with Gasteiger partial charge in [-0.15, -0.1) is 0 Å². The van der Waals surface area contributed by atoms with E-state index in [1.165, 1.54) is 0 Å². The third kappa shape index (κ3) is 4.60. The Morgan fingerprint density at radius 1 is 1.38 bits per heavy atom. The Balaban J connectivity index is 4.09. The standard InChI is InChI=1S/C10H23NO2/c1-4-5-10(13,7-11)6-9(12)8(2)3/h8-9,12-13H,4-7,11H2,1-3H3. The Hall–Kier alpha value is -0.120. The molecule has 0 saturated carbocycles. The van der Waals surface area contributed by atoms with Crippen LogP contribution in [-0.4, -0.2) is 28.5 Å². The van der Waals surface area contributed by atoms with Crippen LogP contribution in [0.2, 0.25) is 0 Å². The van der Waals surface area contributed by atoms with Crippen LogP contribution >= 0.6 is 0 Å². The smallest absolute Gasteiger partial charge is 0.0794 e. The molecule has 3 heteroatoms. The monoisotopic (exact) mass is 189 g/mol. The third-order valence-electron chi connectivity index (χ3n) is 2.45. The van der Waals surface area contributed by atoms with Crippen molar-refractivity contribution >= 4 is 0 Å². The molecule has 0 spiro atoms. The SMILES string of the molecule is CCCC(O)(CN)CC(O)C(C)C. The average Bonchev–Trinajstić information content (AvgIpc) is 2.04. The van der Waals surface area contributed by atoms with Crippen LogP contribution in [0.25, 0.3) is 0 Å². The molecule has 4 N–H and O–H groups in total. The molecule has 0 saturated heterocycles. The highest BCUT2D eigenvalue weighted by Crippen LogP contribution is 2.21. The van der Waals surface area contributed by atoms with Gasteiger partial charge in [0, 0.05) is 13.0 Å². The van der Waals surface area contributed by atoms with E-state index >= 15 is 0 Å². The maximum absolute atomic E-state index is 9.95. The second kappa shape index (κ2) is 5.58. The molecule has 0 aliphatic carbocycles. The Bertz CT molecular complexity index is 139. The fourth-order valence-corrected chi connectivity index (χ4v) is 1.38. The quantitative estimate of drug-likeness (QED) is 0.581. The molecule has 13 heavy (non-hydrogen) atoms. The fraction of sp³-hybridized carbons (Fsp3) is 1.00. The van der Waals surface area contributed by atoms with Gasteiger partial charge in [-0.1, -0.05) is 27.2 Å². The predicted molar refractivity (Wildman–Crippen MR) is 54.4 cm³/mol. The van der Waals surface area contributed by atoms with E-state index in [-0.39, 0.29) is 12.5 Å². The van der Waals surface area contributed by atoms with Crippen molar-refractivity contribution < 1.29 is 10.2 Å². The minimum atomic E-state index is -0.877. The van der Waals surface area contributed by atoms with Gasteiger partial charge in [-0.2, -0.15) is 0 Å². The first-order chi connectivity index (χ1) is 5.95. The summed E-state index contributed by atoms with van der Waals surface area (Å²) in [5.41, 5.74) is 4.60. The number of hydrogen-bond donors (Lipinski definition) is 3. The molecule has 0 heterocycles. The Morgan fingerprint density at radius 3 is 2.23 bits per heavy atom. The molecular formula is C10H23NO2. The van der Waals surface area contributed by atoms with Gasteiger partial charge in [0.25, 0.3) is 0 Å². The van der Waals surface area contributed by atoms with Crippen LogP contribution in [0.4, 0.5) is 0 Å². The van der Waals surface area contributed by atoms with Crippen LogP contribution in [0, 0.1) is 5.92 Å². The molecule has 80 valence electrons. The maximum atomic E-state index is 9.95. The van der Waals surface area contributed by atoms with Crippen molar-refractivity contribution in [2.45, 2.75) is 51.7 Å². The van der Waals surface area contributed by atoms with Crippen LogP contribution in [0.5, 0.6) is 0 Å². The molecule has 3 nitrogen and oxygen atoms in total. The minimum absolute atomic E-state index is 0.176. The minimum Gasteiger partial charge on any atom is -0.393 e. The van der Waals surface area contributed by atoms with E-state index in [1.807, 2.05) is 20.8 Å². The summed E-state index contributed by atoms with van der Waals surface area (Å²) in [4.78, 5) is 0. The third-order valence-corrected chi connectivity index (χ3v) is 2.45. The summed E-state index contributed by atoms with van der Waals surface area (Å²) in [7, 11) is 0. The lowest BCUT2D eigenvalue weighted by Crippen LogP contribution is -2.42. The molecule has 0 aromatic heterocycles. The van der Waals surface area contributed by atoms with Crippen LogP contribution in [0.3, 0.4) is 0 Å². The first-order valence-electron chi connectivity index (χ1n) is 5.05. The van der Waals surface area contributed by atoms with Crippen molar-refractivity contribution in [1.82, 2.24) is 0 Å². The lowest BCUT2D eigenvalue weighted by molar-refractivity contribution is -0.0234. The summed E-state index contributed by atoms with van der Waals surface area (Å²) in [5.74, 6) is 0.176. The van der Waals surface area contributed by atoms with Crippen molar-refractivity contribution in [3.63, 3.8) is 0 Å². The Kier molecular flexibility index (Phi) is 5.53. The molecule has 0 rings (SSSR count). The molecule has 2 unspecified atom stereocenters. The van der Waals surface area contributed by atoms with E-state index in [0.717, 1.165) is 6.42 Å². The highest BCUT2D eigenvalue weighted by atomic mass is 16.3. The second-order valence-corrected chi connectivity index (χ2v) is 4.19. The maximum Gasteiger partial charge on any atom is 0.0794 e. The van der Waals surface area contributed by atoms with Gasteiger partial charge in [0.2, 0.25) is 0 Å². The number of aliphatic hydroxyl groups is 2. The van der Waals surface area contributed by atoms with Gasteiger partial charge in [-0.05, 0) is 12.3 Å². The summed E-state index contributed by atoms with van der Waals surface area (Å²) >= 11 is 0. The normalized spacial score (nSPS) is 18.7. The van der Waals surface area contributed by atoms with E-state index in [0.29, 0.717) is 12.8 Å². The Labute approximate surface area is 81.0 Å². The molecule has 0 bridgehead atoms. The summed E-state index contributed by atoms with van der Waals surface area (Å²) in [5, 5.41) is 19.6. The van der Waals surface area contributed by atoms with E-state index < -0.39 is 11.7 Å². The van der Waals surface area contributed by atoms with Crippen LogP contribution in [0.1, 0.15) is 40.0 Å².